The summed E-state index contributed by atoms with van der Waals surface area (Å²) >= 11 is 7.14. The van der Waals surface area contributed by atoms with Gasteiger partial charge >= 0.3 is 0 Å². The Morgan fingerprint density at radius 1 is 1.28 bits per heavy atom. The van der Waals surface area contributed by atoms with Crippen LogP contribution in [0.25, 0.3) is 11.1 Å². The van der Waals surface area contributed by atoms with Gasteiger partial charge in [0.2, 0.25) is 0 Å². The Labute approximate surface area is 164 Å². The van der Waals surface area contributed by atoms with E-state index in [2.05, 4.69) is 53.9 Å². The predicted molar refractivity (Wildman–Crippen MR) is 106 cm³/mol. The first-order valence-electron chi connectivity index (χ1n) is 8.45. The smallest absolute Gasteiger partial charge is 0.264 e. The SMILES string of the molecule is CC1CCCN1CCCOc1c(Br)cc(-c2cn[nH]c(=O)c2)cc1Br. The van der Waals surface area contributed by atoms with E-state index < -0.39 is 0 Å². The number of nitrogens with zero attached hydrogens (tertiary/aromatic N) is 2. The van der Waals surface area contributed by atoms with Gasteiger partial charge < -0.3 is 9.64 Å². The highest BCUT2D eigenvalue weighted by atomic mass is 79.9. The lowest BCUT2D eigenvalue weighted by molar-refractivity contribution is 0.229. The van der Waals surface area contributed by atoms with Gasteiger partial charge in [-0.1, -0.05) is 0 Å². The van der Waals surface area contributed by atoms with Gasteiger partial charge in [-0.15, -0.1) is 0 Å². The zero-order valence-electron chi connectivity index (χ0n) is 14.1. The highest BCUT2D eigenvalue weighted by Crippen LogP contribution is 2.37. The maximum absolute atomic E-state index is 11.4. The highest BCUT2D eigenvalue weighted by molar-refractivity contribution is 9.11. The molecule has 0 amide bonds. The van der Waals surface area contributed by atoms with Crippen molar-refractivity contribution in [3.8, 4) is 16.9 Å². The molecule has 1 fully saturated rings. The Hall–Kier alpha value is -1.18. The molecule has 1 atom stereocenters. The van der Waals surface area contributed by atoms with Gasteiger partial charge in [-0.2, -0.15) is 5.10 Å². The maximum atomic E-state index is 11.4. The van der Waals surface area contributed by atoms with E-state index in [-0.39, 0.29) is 5.56 Å². The van der Waals surface area contributed by atoms with Crippen LogP contribution >= 0.6 is 31.9 Å². The first kappa shape index (κ1) is 18.6. The molecule has 1 aliphatic rings. The molecule has 7 heteroatoms. The van der Waals surface area contributed by atoms with Crippen molar-refractivity contribution in [2.75, 3.05) is 19.7 Å². The summed E-state index contributed by atoms with van der Waals surface area (Å²) in [6.07, 6.45) is 5.24. The average Bonchev–Trinajstić information content (AvgIpc) is 2.98. The van der Waals surface area contributed by atoms with Gasteiger partial charge in [-0.25, -0.2) is 5.10 Å². The van der Waals surface area contributed by atoms with Crippen molar-refractivity contribution >= 4 is 31.9 Å². The normalized spacial score (nSPS) is 17.8. The zero-order valence-corrected chi connectivity index (χ0v) is 17.3. The second-order valence-corrected chi connectivity index (χ2v) is 8.04. The molecule has 1 saturated heterocycles. The van der Waals surface area contributed by atoms with Crippen LogP contribution in [-0.2, 0) is 0 Å². The Balaban J connectivity index is 1.63. The number of rotatable bonds is 6. The molecule has 1 unspecified atom stereocenters. The fourth-order valence-electron chi connectivity index (χ4n) is 3.17. The van der Waals surface area contributed by atoms with Crippen LogP contribution < -0.4 is 10.3 Å². The molecule has 0 aliphatic carbocycles. The fourth-order valence-corrected chi connectivity index (χ4v) is 4.58. The number of nitrogens with one attached hydrogen (secondary N) is 1. The second kappa shape index (κ2) is 8.47. The minimum Gasteiger partial charge on any atom is -0.491 e. The van der Waals surface area contributed by atoms with E-state index in [9.17, 15) is 4.79 Å². The lowest BCUT2D eigenvalue weighted by Gasteiger charge is -2.21. The van der Waals surface area contributed by atoms with Crippen molar-refractivity contribution in [2.45, 2.75) is 32.2 Å². The Morgan fingerprint density at radius 2 is 2.04 bits per heavy atom. The molecule has 3 rings (SSSR count). The number of halogens is 2. The largest absolute Gasteiger partial charge is 0.491 e. The Kier molecular flexibility index (Phi) is 6.30. The summed E-state index contributed by atoms with van der Waals surface area (Å²) in [5, 5.41) is 6.23. The predicted octanol–water partition coefficient (Wildman–Crippen LogP) is 4.22. The molecule has 1 N–H and O–H groups in total. The van der Waals surface area contributed by atoms with Gasteiger partial charge in [0.05, 0.1) is 21.7 Å². The number of hydrogen-bond donors (Lipinski definition) is 1. The molecule has 1 aromatic carbocycles. The Bertz CT molecular complexity index is 771. The van der Waals surface area contributed by atoms with Gasteiger partial charge in [-0.05, 0) is 82.3 Å². The summed E-state index contributed by atoms with van der Waals surface area (Å²) in [6, 6.07) is 6.11. The number of H-pyrrole nitrogens is 1. The molecule has 0 spiro atoms. The lowest BCUT2D eigenvalue weighted by atomic mass is 10.1. The molecule has 1 aliphatic heterocycles. The molecule has 2 heterocycles. The number of benzene rings is 1. The minimum atomic E-state index is -0.221. The van der Waals surface area contributed by atoms with Crippen LogP contribution in [0, 0.1) is 0 Å². The van der Waals surface area contributed by atoms with Crippen molar-refractivity contribution in [1.82, 2.24) is 15.1 Å². The van der Waals surface area contributed by atoms with Crippen molar-refractivity contribution in [3.05, 3.63) is 43.7 Å². The molecule has 0 bridgehead atoms. The van der Waals surface area contributed by atoms with Crippen LogP contribution in [0.2, 0.25) is 0 Å². The summed E-state index contributed by atoms with van der Waals surface area (Å²) in [7, 11) is 0. The van der Waals surface area contributed by atoms with Crippen LogP contribution in [0.15, 0.2) is 38.1 Å². The van der Waals surface area contributed by atoms with E-state index in [0.717, 1.165) is 38.8 Å². The molecule has 134 valence electrons. The molecule has 0 radical (unpaired) electrons. The van der Waals surface area contributed by atoms with E-state index in [1.165, 1.54) is 25.5 Å². The zero-order chi connectivity index (χ0) is 17.8. The van der Waals surface area contributed by atoms with Gasteiger partial charge in [0.15, 0.2) is 0 Å². The summed E-state index contributed by atoms with van der Waals surface area (Å²) in [6.45, 7) is 5.25. The van der Waals surface area contributed by atoms with Crippen LogP contribution in [-0.4, -0.2) is 40.8 Å². The van der Waals surface area contributed by atoms with Crippen molar-refractivity contribution in [3.63, 3.8) is 0 Å². The minimum absolute atomic E-state index is 0.221. The Morgan fingerprint density at radius 3 is 2.68 bits per heavy atom. The van der Waals surface area contributed by atoms with E-state index >= 15 is 0 Å². The molecule has 2 aromatic rings. The fraction of sp³-hybridized carbons (Fsp3) is 0.444. The number of ether oxygens (including phenoxy) is 1. The van der Waals surface area contributed by atoms with E-state index in [1.807, 2.05) is 12.1 Å². The van der Waals surface area contributed by atoms with Gasteiger partial charge in [0.25, 0.3) is 5.56 Å². The summed E-state index contributed by atoms with van der Waals surface area (Å²) in [4.78, 5) is 14.0. The van der Waals surface area contributed by atoms with Gasteiger partial charge in [-0.3, -0.25) is 4.79 Å². The number of aromatic nitrogens is 2. The second-order valence-electron chi connectivity index (χ2n) is 6.33. The molecule has 5 nitrogen and oxygen atoms in total. The third kappa shape index (κ3) is 4.71. The first-order valence-corrected chi connectivity index (χ1v) is 10.0. The summed E-state index contributed by atoms with van der Waals surface area (Å²) in [5.74, 6) is 0.788. The van der Waals surface area contributed by atoms with Crippen molar-refractivity contribution in [2.24, 2.45) is 0 Å². The number of hydrogen-bond acceptors (Lipinski definition) is 4. The highest BCUT2D eigenvalue weighted by Gasteiger charge is 2.19. The molecule has 25 heavy (non-hydrogen) atoms. The summed E-state index contributed by atoms with van der Waals surface area (Å²) in [5.41, 5.74) is 1.44. The monoisotopic (exact) mass is 469 g/mol. The van der Waals surface area contributed by atoms with E-state index in [0.29, 0.717) is 12.6 Å². The molecular weight excluding hydrogens is 450 g/mol. The van der Waals surface area contributed by atoms with E-state index in [4.69, 9.17) is 4.74 Å². The first-order chi connectivity index (χ1) is 12.0. The number of likely N-dealkylation sites (tertiary alicyclic amines) is 1. The molecular formula is C18H21Br2N3O2. The van der Waals surface area contributed by atoms with Crippen molar-refractivity contribution < 1.29 is 4.74 Å². The van der Waals surface area contributed by atoms with E-state index in [1.54, 1.807) is 6.20 Å². The standard InChI is InChI=1S/C18H21Br2N3O2/c1-12-4-2-5-23(12)6-3-7-25-18-15(19)8-13(9-16(18)20)14-10-17(24)22-21-11-14/h8-12H,2-7H2,1H3,(H,22,24). The van der Waals surface area contributed by atoms with Crippen LogP contribution in [0.3, 0.4) is 0 Å². The average molecular weight is 471 g/mol. The lowest BCUT2D eigenvalue weighted by Crippen LogP contribution is -2.28. The maximum Gasteiger partial charge on any atom is 0.264 e. The van der Waals surface area contributed by atoms with Crippen LogP contribution in [0.4, 0.5) is 0 Å². The van der Waals surface area contributed by atoms with Crippen LogP contribution in [0.5, 0.6) is 5.75 Å². The molecule has 0 saturated carbocycles. The quantitative estimate of drug-likeness (QED) is 0.642. The number of aromatic amines is 1. The van der Waals surface area contributed by atoms with Gasteiger partial charge in [0, 0.05) is 24.2 Å². The summed E-state index contributed by atoms with van der Waals surface area (Å²) < 4.78 is 7.68. The third-order valence-corrected chi connectivity index (χ3v) is 5.70. The molecule has 1 aromatic heterocycles. The van der Waals surface area contributed by atoms with Crippen LogP contribution in [0.1, 0.15) is 26.2 Å². The van der Waals surface area contributed by atoms with Gasteiger partial charge in [0.1, 0.15) is 5.75 Å². The van der Waals surface area contributed by atoms with Crippen molar-refractivity contribution in [1.29, 1.82) is 0 Å². The topological polar surface area (TPSA) is 58.2 Å². The third-order valence-electron chi connectivity index (χ3n) is 4.52.